The lowest BCUT2D eigenvalue weighted by Crippen LogP contribution is -2.33. The highest BCUT2D eigenvalue weighted by atomic mass is 32.2. The molecule has 0 aliphatic carbocycles. The van der Waals surface area contributed by atoms with Gasteiger partial charge in [0.1, 0.15) is 0 Å². The van der Waals surface area contributed by atoms with Gasteiger partial charge in [-0.3, -0.25) is 0 Å². The zero-order chi connectivity index (χ0) is 7.98. The van der Waals surface area contributed by atoms with Crippen molar-refractivity contribution >= 4 is 11.8 Å². The van der Waals surface area contributed by atoms with Crippen molar-refractivity contribution in [2.45, 2.75) is 26.3 Å². The number of hydrogen-bond donors (Lipinski definition) is 1. The average Bonchev–Trinajstić information content (AvgIpc) is 1.99. The summed E-state index contributed by atoms with van der Waals surface area (Å²) < 4.78 is 0. The molecule has 0 aromatic carbocycles. The zero-order valence-electron chi connectivity index (χ0n) is 7.48. The van der Waals surface area contributed by atoms with Crippen LogP contribution >= 0.6 is 11.8 Å². The van der Waals surface area contributed by atoms with Crippen LogP contribution in [0.2, 0.25) is 0 Å². The van der Waals surface area contributed by atoms with Gasteiger partial charge in [0.05, 0.1) is 0 Å². The maximum Gasteiger partial charge on any atom is 0.0180 e. The zero-order valence-corrected chi connectivity index (χ0v) is 8.29. The van der Waals surface area contributed by atoms with Gasteiger partial charge in [-0.05, 0) is 19.2 Å². The Morgan fingerprint density at radius 3 is 2.40 bits per heavy atom. The molecular formula is C8H19NS. The molecule has 0 saturated heterocycles. The van der Waals surface area contributed by atoms with Gasteiger partial charge in [0.2, 0.25) is 0 Å². The SMILES string of the molecule is CCC(C)C(CSC)NC. The van der Waals surface area contributed by atoms with Gasteiger partial charge in [0, 0.05) is 11.8 Å². The molecule has 0 aliphatic heterocycles. The molecular weight excluding hydrogens is 142 g/mol. The summed E-state index contributed by atoms with van der Waals surface area (Å²) in [6.45, 7) is 4.55. The fourth-order valence-electron chi connectivity index (χ4n) is 0.996. The molecule has 0 aromatic heterocycles. The number of thioether (sulfide) groups is 1. The first-order valence-corrected chi connectivity index (χ1v) is 5.31. The van der Waals surface area contributed by atoms with Gasteiger partial charge in [-0.15, -0.1) is 0 Å². The van der Waals surface area contributed by atoms with Gasteiger partial charge in [-0.1, -0.05) is 20.3 Å². The maximum absolute atomic E-state index is 3.33. The van der Waals surface area contributed by atoms with Gasteiger partial charge in [-0.2, -0.15) is 11.8 Å². The van der Waals surface area contributed by atoms with Crippen molar-refractivity contribution in [1.82, 2.24) is 5.32 Å². The molecule has 1 nitrogen and oxygen atoms in total. The lowest BCUT2D eigenvalue weighted by molar-refractivity contribution is 0.421. The summed E-state index contributed by atoms with van der Waals surface area (Å²) in [6.07, 6.45) is 3.43. The molecule has 2 unspecified atom stereocenters. The summed E-state index contributed by atoms with van der Waals surface area (Å²) in [5, 5.41) is 3.33. The first-order valence-electron chi connectivity index (χ1n) is 3.92. The van der Waals surface area contributed by atoms with E-state index in [4.69, 9.17) is 0 Å². The fourth-order valence-corrected chi connectivity index (χ4v) is 1.85. The molecule has 2 heteroatoms. The lowest BCUT2D eigenvalue weighted by atomic mass is 10.0. The molecule has 0 radical (unpaired) electrons. The Hall–Kier alpha value is 0.310. The summed E-state index contributed by atoms with van der Waals surface area (Å²) >= 11 is 1.92. The van der Waals surface area contributed by atoms with E-state index in [0.717, 1.165) is 5.92 Å². The Morgan fingerprint density at radius 1 is 1.50 bits per heavy atom. The minimum Gasteiger partial charge on any atom is -0.316 e. The molecule has 62 valence electrons. The Bertz CT molecular complexity index is 75.7. The summed E-state index contributed by atoms with van der Waals surface area (Å²) in [6, 6.07) is 0.694. The van der Waals surface area contributed by atoms with E-state index in [1.165, 1.54) is 12.2 Å². The predicted octanol–water partition coefficient (Wildman–Crippen LogP) is 1.98. The molecule has 2 atom stereocenters. The predicted molar refractivity (Wildman–Crippen MR) is 50.7 cm³/mol. The average molecular weight is 161 g/mol. The van der Waals surface area contributed by atoms with Crippen LogP contribution in [0.3, 0.4) is 0 Å². The Balaban J connectivity index is 3.56. The van der Waals surface area contributed by atoms with Gasteiger partial charge in [-0.25, -0.2) is 0 Å². The standard InChI is InChI=1S/C8H19NS/c1-5-7(2)8(9-3)6-10-4/h7-9H,5-6H2,1-4H3. The first kappa shape index (κ1) is 10.3. The van der Waals surface area contributed by atoms with Crippen molar-refractivity contribution in [3.05, 3.63) is 0 Å². The van der Waals surface area contributed by atoms with Crippen LogP contribution < -0.4 is 5.32 Å². The number of nitrogens with one attached hydrogen (secondary N) is 1. The van der Waals surface area contributed by atoms with Crippen molar-refractivity contribution in [2.24, 2.45) is 5.92 Å². The third-order valence-corrected chi connectivity index (χ3v) is 2.74. The minimum atomic E-state index is 0.694. The molecule has 1 N–H and O–H groups in total. The van der Waals surface area contributed by atoms with Crippen LogP contribution in [0.4, 0.5) is 0 Å². The van der Waals surface area contributed by atoms with Crippen molar-refractivity contribution < 1.29 is 0 Å². The third kappa shape index (κ3) is 3.47. The largest absolute Gasteiger partial charge is 0.316 e. The molecule has 0 fully saturated rings. The number of rotatable bonds is 5. The van der Waals surface area contributed by atoms with Gasteiger partial charge in [0.15, 0.2) is 0 Å². The van der Waals surface area contributed by atoms with E-state index in [1.807, 2.05) is 18.8 Å². The topological polar surface area (TPSA) is 12.0 Å². The second-order valence-electron chi connectivity index (χ2n) is 2.74. The summed E-state index contributed by atoms with van der Waals surface area (Å²) in [7, 11) is 2.05. The van der Waals surface area contributed by atoms with Crippen molar-refractivity contribution in [2.75, 3.05) is 19.1 Å². The fraction of sp³-hybridized carbons (Fsp3) is 1.00. The normalized spacial score (nSPS) is 16.8. The van der Waals surface area contributed by atoms with Crippen LogP contribution in [-0.4, -0.2) is 25.1 Å². The van der Waals surface area contributed by atoms with Crippen LogP contribution in [0.15, 0.2) is 0 Å². The molecule has 10 heavy (non-hydrogen) atoms. The smallest absolute Gasteiger partial charge is 0.0180 e. The minimum absolute atomic E-state index is 0.694. The molecule has 0 rings (SSSR count). The molecule has 0 spiro atoms. The van der Waals surface area contributed by atoms with Crippen LogP contribution in [0.5, 0.6) is 0 Å². The highest BCUT2D eigenvalue weighted by Gasteiger charge is 2.11. The van der Waals surface area contributed by atoms with E-state index in [2.05, 4.69) is 25.4 Å². The lowest BCUT2D eigenvalue weighted by Gasteiger charge is -2.20. The van der Waals surface area contributed by atoms with Crippen LogP contribution in [0.25, 0.3) is 0 Å². The van der Waals surface area contributed by atoms with Crippen LogP contribution in [0, 0.1) is 5.92 Å². The Morgan fingerprint density at radius 2 is 2.10 bits per heavy atom. The van der Waals surface area contributed by atoms with Crippen molar-refractivity contribution in [3.63, 3.8) is 0 Å². The maximum atomic E-state index is 3.33. The third-order valence-electron chi connectivity index (χ3n) is 2.05. The summed E-state index contributed by atoms with van der Waals surface area (Å²) in [4.78, 5) is 0. The Kier molecular flexibility index (Phi) is 6.24. The van der Waals surface area contributed by atoms with Crippen LogP contribution in [-0.2, 0) is 0 Å². The Labute approximate surface area is 69.0 Å². The molecule has 0 saturated carbocycles. The molecule has 0 bridgehead atoms. The van der Waals surface area contributed by atoms with Crippen molar-refractivity contribution in [1.29, 1.82) is 0 Å². The molecule has 0 aliphatic rings. The van der Waals surface area contributed by atoms with Gasteiger partial charge in [0.25, 0.3) is 0 Å². The van der Waals surface area contributed by atoms with E-state index in [9.17, 15) is 0 Å². The summed E-state index contributed by atoms with van der Waals surface area (Å²) in [5.41, 5.74) is 0. The van der Waals surface area contributed by atoms with Crippen LogP contribution in [0.1, 0.15) is 20.3 Å². The van der Waals surface area contributed by atoms with E-state index >= 15 is 0 Å². The van der Waals surface area contributed by atoms with E-state index in [1.54, 1.807) is 0 Å². The first-order chi connectivity index (χ1) is 4.76. The van der Waals surface area contributed by atoms with Gasteiger partial charge >= 0.3 is 0 Å². The second kappa shape index (κ2) is 6.05. The number of hydrogen-bond acceptors (Lipinski definition) is 2. The van der Waals surface area contributed by atoms with E-state index < -0.39 is 0 Å². The quantitative estimate of drug-likeness (QED) is 0.662. The molecule has 0 heterocycles. The highest BCUT2D eigenvalue weighted by molar-refractivity contribution is 7.98. The van der Waals surface area contributed by atoms with Gasteiger partial charge < -0.3 is 5.32 Å². The molecule has 0 amide bonds. The molecule has 0 aromatic rings. The monoisotopic (exact) mass is 161 g/mol. The van der Waals surface area contributed by atoms with Crippen molar-refractivity contribution in [3.8, 4) is 0 Å². The van der Waals surface area contributed by atoms with E-state index in [-0.39, 0.29) is 0 Å². The summed E-state index contributed by atoms with van der Waals surface area (Å²) in [5.74, 6) is 2.03. The second-order valence-corrected chi connectivity index (χ2v) is 3.65. The van der Waals surface area contributed by atoms with E-state index in [0.29, 0.717) is 6.04 Å². The highest BCUT2D eigenvalue weighted by Crippen LogP contribution is 2.10.